The molecule has 20 aromatic rings. The minimum absolute atomic E-state index is 0.228. The van der Waals surface area contributed by atoms with Gasteiger partial charge in [0.05, 0.1) is 0 Å². The predicted molar refractivity (Wildman–Crippen MR) is 348 cm³/mol. The first-order chi connectivity index (χ1) is 41.1. The van der Waals surface area contributed by atoms with E-state index in [-0.39, 0.29) is 29.7 Å². The summed E-state index contributed by atoms with van der Waals surface area (Å²) in [5, 5.41) is 44.9. The van der Waals surface area contributed by atoms with Crippen LogP contribution in [-0.2, 0) is 0 Å². The molecular weight excluding hydrogens is 1030 g/mol. The Labute approximate surface area is 473 Å². The van der Waals surface area contributed by atoms with Crippen molar-refractivity contribution in [2.75, 3.05) is 7.05 Å². The average Bonchev–Trinajstić information content (AvgIpc) is 0.733. The molecule has 0 saturated heterocycles. The molecule has 22 rings (SSSR count). The second kappa shape index (κ2) is 13.6. The van der Waals surface area contributed by atoms with E-state index in [9.17, 15) is 19.2 Å². The van der Waals surface area contributed by atoms with Crippen molar-refractivity contribution >= 4 is 228 Å². The normalized spacial score (nSPS) is 14.8. The molecule has 0 fully saturated rings. The van der Waals surface area contributed by atoms with Crippen LogP contribution < -0.4 is 0 Å². The topological polar surface area (TPSA) is 74.8 Å². The van der Waals surface area contributed by atoms with Gasteiger partial charge in [-0.25, -0.2) is 0 Å². The summed E-state index contributed by atoms with van der Waals surface area (Å²) in [5.74, 6) is -0.975. The van der Waals surface area contributed by atoms with Gasteiger partial charge in [0.25, 0.3) is 23.6 Å². The molecule has 0 aromatic heterocycles. The first-order valence-electron chi connectivity index (χ1n) is 29.1. The van der Waals surface area contributed by atoms with Crippen LogP contribution in [0, 0.1) is 0 Å². The van der Waals surface area contributed by atoms with Crippen LogP contribution in [0.15, 0.2) is 170 Å². The lowest BCUT2D eigenvalue weighted by molar-refractivity contribution is 0.0561. The number of nitrogens with zero attached hydrogens (tertiary/aromatic N) is 2. The third kappa shape index (κ3) is 4.37. The lowest BCUT2D eigenvalue weighted by Gasteiger charge is -2.31. The van der Waals surface area contributed by atoms with Gasteiger partial charge in [0, 0.05) is 46.1 Å². The lowest BCUT2D eigenvalue weighted by Crippen LogP contribution is -2.44. The molecule has 0 unspecified atom stereocenters. The number of rotatable bonds is 1. The van der Waals surface area contributed by atoms with Crippen molar-refractivity contribution in [2.45, 2.75) is 19.9 Å². The van der Waals surface area contributed by atoms with Crippen molar-refractivity contribution in [3.63, 3.8) is 0 Å². The summed E-state index contributed by atoms with van der Waals surface area (Å²) < 4.78 is 0. The monoisotopic (exact) mass is 1070 g/mol. The molecule has 0 saturated carbocycles. The lowest BCUT2D eigenvalue weighted by atomic mass is 9.79. The number of carbonyl (C=O) groups excluding carboxylic acids is 4. The molecule has 0 radical (unpaired) electrons. The highest BCUT2D eigenvalue weighted by molar-refractivity contribution is 6.51. The summed E-state index contributed by atoms with van der Waals surface area (Å²) in [7, 11) is 1.57. The highest BCUT2D eigenvalue weighted by Crippen LogP contribution is 2.56. The quantitative estimate of drug-likeness (QED) is 0.0932. The summed E-state index contributed by atoms with van der Waals surface area (Å²) in [6, 6.07) is 62.8. The molecular formula is C78H38N2O4. The van der Waals surface area contributed by atoms with Gasteiger partial charge in [-0.2, -0.15) is 0 Å². The van der Waals surface area contributed by atoms with Crippen molar-refractivity contribution in [1.82, 2.24) is 9.80 Å². The van der Waals surface area contributed by atoms with Gasteiger partial charge in [0.15, 0.2) is 0 Å². The predicted octanol–water partition coefficient (Wildman–Crippen LogP) is 19.5. The fourth-order valence-electron chi connectivity index (χ4n) is 17.8. The number of fused-ring (bicyclic) bond motifs is 12. The maximum absolute atomic E-state index is 14.0. The summed E-state index contributed by atoms with van der Waals surface area (Å²) in [6.07, 6.45) is 0. The van der Waals surface area contributed by atoms with Crippen LogP contribution in [0.25, 0.3) is 205 Å². The van der Waals surface area contributed by atoms with E-state index in [1.165, 1.54) is 150 Å². The molecule has 0 spiro atoms. The van der Waals surface area contributed by atoms with Gasteiger partial charge in [-0.15, -0.1) is 0 Å². The molecule has 4 amide bonds. The van der Waals surface area contributed by atoms with Crippen molar-refractivity contribution in [2.24, 2.45) is 0 Å². The van der Waals surface area contributed by atoms with Crippen molar-refractivity contribution in [3.8, 4) is 0 Å². The number of hydrogen-bond acceptors (Lipinski definition) is 4. The number of amides is 4. The van der Waals surface area contributed by atoms with Crippen LogP contribution in [0.4, 0.5) is 0 Å². The largest absolute Gasteiger partial charge is 0.277 e. The number of hydrogen-bond donors (Lipinski definition) is 0. The first-order valence-corrected chi connectivity index (χ1v) is 29.1. The van der Waals surface area contributed by atoms with Gasteiger partial charge in [0.1, 0.15) is 0 Å². The zero-order valence-electron chi connectivity index (χ0n) is 45.3. The minimum atomic E-state index is -0.260. The highest BCUT2D eigenvalue weighted by atomic mass is 16.2. The van der Waals surface area contributed by atoms with Gasteiger partial charge in [0.2, 0.25) is 0 Å². The molecule has 84 heavy (non-hydrogen) atoms. The Hall–Kier alpha value is -10.8. The molecule has 2 heterocycles. The molecule has 0 N–H and O–H groups in total. The van der Waals surface area contributed by atoms with Gasteiger partial charge in [-0.3, -0.25) is 29.0 Å². The SMILES string of the molecule is CC(C)N1C(=O)c2ccc3c4ccc5c6ccc7c8ccc9c%10ccc%11c%12ccc%13c%14ccc%15c%16c(ccc(c%17ccc(c%18ccc(c%19ccc(c%20ccc(c%21ccc(c%22ccc(c2c3%22)C1=O)c4c5%21)c6c7%20)c8c9%19)c%10c%11%18)c%12c%13%17)c%16%14)C(=O)N(C)C%15=O. The van der Waals surface area contributed by atoms with E-state index in [0.29, 0.717) is 22.3 Å². The fourth-order valence-corrected chi connectivity index (χ4v) is 17.8. The van der Waals surface area contributed by atoms with Crippen molar-refractivity contribution in [1.29, 1.82) is 0 Å². The zero-order chi connectivity index (χ0) is 55.1. The average molecular weight is 1070 g/mol. The number of benzene rings is 20. The molecule has 2 aliphatic rings. The van der Waals surface area contributed by atoms with Gasteiger partial charge < -0.3 is 0 Å². The molecule has 6 nitrogen and oxygen atoms in total. The van der Waals surface area contributed by atoms with Crippen LogP contribution in [0.5, 0.6) is 0 Å². The highest BCUT2D eigenvalue weighted by Gasteiger charge is 2.37. The first kappa shape index (κ1) is 43.0. The van der Waals surface area contributed by atoms with Crippen LogP contribution in [0.3, 0.4) is 0 Å². The van der Waals surface area contributed by atoms with E-state index in [1.807, 2.05) is 38.1 Å². The third-order valence-corrected chi connectivity index (χ3v) is 21.1. The summed E-state index contributed by atoms with van der Waals surface area (Å²) >= 11 is 0. The Morgan fingerprint density at radius 3 is 0.488 bits per heavy atom. The van der Waals surface area contributed by atoms with E-state index in [1.54, 1.807) is 7.05 Å². The molecule has 384 valence electrons. The van der Waals surface area contributed by atoms with E-state index in [4.69, 9.17) is 0 Å². The van der Waals surface area contributed by atoms with Crippen LogP contribution >= 0.6 is 0 Å². The van der Waals surface area contributed by atoms with E-state index < -0.39 is 0 Å². The summed E-state index contributed by atoms with van der Waals surface area (Å²) in [6.45, 7) is 3.79. The fraction of sp³-hybridized carbons (Fsp3) is 0.0513. The molecule has 2 aliphatic heterocycles. The summed E-state index contributed by atoms with van der Waals surface area (Å²) in [5.41, 5.74) is 2.34. The van der Waals surface area contributed by atoms with Gasteiger partial charge in [-0.1, -0.05) is 146 Å². The zero-order valence-corrected chi connectivity index (χ0v) is 45.3. The Morgan fingerprint density at radius 1 is 0.202 bits per heavy atom. The minimum Gasteiger partial charge on any atom is -0.277 e. The maximum atomic E-state index is 14.0. The third-order valence-electron chi connectivity index (χ3n) is 21.1. The Balaban J connectivity index is 0.781. The molecule has 20 aromatic carbocycles. The molecule has 0 aliphatic carbocycles. The maximum Gasteiger partial charge on any atom is 0.261 e. The Bertz CT molecular complexity index is 6360. The standard InChI is InChI=1S/C78H38N2O4/c1-32(2)80-77(83)59-30-26-55-51-22-18-47-43-14-10-39-35-6-4-33-37-8-12-41-45-16-20-49-53-24-28-57-73-58(76(82)79(3)75(57)81)29-25-54(71(53)73)50-21-17-46(67(45)69(49)50)42-13-9-38(63(37)65(41)42)34-5-7-36(62(35)61(33)34)40-11-15-44(66(43)64(39)40)48-19-23-52(70(51)68(47)48)56-27-31-60(78(80)84)74(59)72(55)56/h4-32H,1-3H3. The number of carbonyl (C=O) groups is 4. The van der Waals surface area contributed by atoms with Crippen LogP contribution in [0.1, 0.15) is 55.3 Å². The Kier molecular flexibility index (Phi) is 6.94. The van der Waals surface area contributed by atoms with Crippen LogP contribution in [-0.4, -0.2) is 46.5 Å². The second-order valence-electron chi connectivity index (χ2n) is 24.7. The second-order valence-corrected chi connectivity index (χ2v) is 24.7. The number of imide groups is 2. The molecule has 0 atom stereocenters. The van der Waals surface area contributed by atoms with E-state index in [2.05, 4.69) is 146 Å². The van der Waals surface area contributed by atoms with Crippen molar-refractivity contribution < 1.29 is 19.2 Å². The van der Waals surface area contributed by atoms with E-state index >= 15 is 0 Å². The molecule has 0 bridgehead atoms. The van der Waals surface area contributed by atoms with Gasteiger partial charge in [-0.05, 0) is 232 Å². The van der Waals surface area contributed by atoms with Gasteiger partial charge >= 0.3 is 0 Å². The molecule has 6 heteroatoms. The Morgan fingerprint density at radius 2 is 0.333 bits per heavy atom. The summed E-state index contributed by atoms with van der Waals surface area (Å²) in [4.78, 5) is 57.6. The van der Waals surface area contributed by atoms with Crippen molar-refractivity contribution in [3.05, 3.63) is 192 Å². The van der Waals surface area contributed by atoms with E-state index in [0.717, 1.165) is 64.6 Å². The smallest absolute Gasteiger partial charge is 0.261 e. The van der Waals surface area contributed by atoms with Crippen LogP contribution in [0.2, 0.25) is 0 Å².